The molecule has 0 aliphatic heterocycles. The number of amides is 1. The van der Waals surface area contributed by atoms with Gasteiger partial charge >= 0.3 is 0 Å². The number of thioether (sulfide) groups is 1. The lowest BCUT2D eigenvalue weighted by atomic mass is 10.1. The number of primary amides is 1. The minimum Gasteiger partial charge on any atom is -0.369 e. The van der Waals surface area contributed by atoms with Crippen molar-refractivity contribution in [2.24, 2.45) is 11.7 Å². The van der Waals surface area contributed by atoms with Crippen LogP contribution >= 0.6 is 11.8 Å². The molecular weight excluding hydrogens is 242 g/mol. The summed E-state index contributed by atoms with van der Waals surface area (Å²) in [6.07, 6.45) is 10.9. The third-order valence-corrected chi connectivity index (χ3v) is 4.99. The van der Waals surface area contributed by atoms with Crippen LogP contribution in [0.2, 0.25) is 0 Å². The van der Waals surface area contributed by atoms with Gasteiger partial charge in [-0.1, -0.05) is 65.7 Å². The van der Waals surface area contributed by atoms with Crippen molar-refractivity contribution in [2.75, 3.05) is 5.75 Å². The maximum absolute atomic E-state index is 11.0. The molecule has 0 aromatic heterocycles. The summed E-state index contributed by atoms with van der Waals surface area (Å²) in [7, 11) is 0. The molecule has 108 valence electrons. The molecule has 1 amide bonds. The van der Waals surface area contributed by atoms with E-state index in [1.165, 1.54) is 51.4 Å². The van der Waals surface area contributed by atoms with Gasteiger partial charge in [0, 0.05) is 11.2 Å². The first-order chi connectivity index (χ1) is 8.59. The number of rotatable bonds is 12. The van der Waals surface area contributed by atoms with E-state index in [0.717, 1.165) is 5.75 Å². The van der Waals surface area contributed by atoms with Gasteiger partial charge in [0.1, 0.15) is 0 Å². The molecule has 0 heterocycles. The summed E-state index contributed by atoms with van der Waals surface area (Å²) in [5, 5.41) is 0.354. The van der Waals surface area contributed by atoms with Crippen molar-refractivity contribution in [2.45, 2.75) is 77.4 Å². The molecule has 18 heavy (non-hydrogen) atoms. The van der Waals surface area contributed by atoms with Gasteiger partial charge in [-0.15, -0.1) is 0 Å². The standard InChI is InChI=1S/C15H31NOS/c1-4-5-6-7-8-9-10-11-12-18-14(3)13(2)15(16)17/h13-14H,4-12H2,1-3H3,(H2,16,17). The Morgan fingerprint density at radius 1 is 1.00 bits per heavy atom. The number of unbranched alkanes of at least 4 members (excludes halogenated alkanes) is 7. The van der Waals surface area contributed by atoms with Crippen LogP contribution in [0.15, 0.2) is 0 Å². The zero-order valence-electron chi connectivity index (χ0n) is 12.4. The second-order valence-electron chi connectivity index (χ2n) is 5.24. The first kappa shape index (κ1) is 17.8. The first-order valence-electron chi connectivity index (χ1n) is 7.50. The van der Waals surface area contributed by atoms with E-state index < -0.39 is 0 Å². The summed E-state index contributed by atoms with van der Waals surface area (Å²) in [6, 6.07) is 0. The largest absolute Gasteiger partial charge is 0.369 e. The highest BCUT2D eigenvalue weighted by atomic mass is 32.2. The highest BCUT2D eigenvalue weighted by Gasteiger charge is 2.17. The normalized spacial score (nSPS) is 14.4. The molecule has 0 aliphatic carbocycles. The van der Waals surface area contributed by atoms with Crippen LogP contribution in [0.5, 0.6) is 0 Å². The van der Waals surface area contributed by atoms with Crippen LogP contribution in [0.3, 0.4) is 0 Å². The lowest BCUT2D eigenvalue weighted by Crippen LogP contribution is -2.27. The molecule has 0 bridgehead atoms. The third-order valence-electron chi connectivity index (χ3n) is 3.53. The van der Waals surface area contributed by atoms with Crippen molar-refractivity contribution in [3.05, 3.63) is 0 Å². The summed E-state index contributed by atoms with van der Waals surface area (Å²) >= 11 is 1.88. The Labute approximate surface area is 117 Å². The van der Waals surface area contributed by atoms with Gasteiger partial charge in [0.25, 0.3) is 0 Å². The summed E-state index contributed by atoms with van der Waals surface area (Å²) in [4.78, 5) is 11.0. The first-order valence-corrected chi connectivity index (χ1v) is 8.55. The van der Waals surface area contributed by atoms with Crippen molar-refractivity contribution >= 4 is 17.7 Å². The van der Waals surface area contributed by atoms with Gasteiger partial charge in [-0.2, -0.15) is 11.8 Å². The highest BCUT2D eigenvalue weighted by Crippen LogP contribution is 2.21. The summed E-state index contributed by atoms with van der Waals surface area (Å²) in [5.74, 6) is 0.975. The van der Waals surface area contributed by atoms with Crippen molar-refractivity contribution in [3.8, 4) is 0 Å². The Balaban J connectivity index is 3.27. The summed E-state index contributed by atoms with van der Waals surface area (Å²) in [6.45, 7) is 6.28. The van der Waals surface area contributed by atoms with Crippen LogP contribution in [0.25, 0.3) is 0 Å². The highest BCUT2D eigenvalue weighted by molar-refractivity contribution is 7.99. The van der Waals surface area contributed by atoms with Gasteiger partial charge in [0.2, 0.25) is 5.91 Å². The molecule has 0 spiro atoms. The van der Waals surface area contributed by atoms with Crippen LogP contribution < -0.4 is 5.73 Å². The predicted octanol–water partition coefficient (Wildman–Crippen LogP) is 4.37. The number of hydrogen-bond acceptors (Lipinski definition) is 2. The molecule has 0 aromatic rings. The third kappa shape index (κ3) is 9.81. The Bertz CT molecular complexity index is 209. The van der Waals surface area contributed by atoms with E-state index in [1.54, 1.807) is 0 Å². The number of carbonyl (C=O) groups is 1. The zero-order chi connectivity index (χ0) is 13.8. The SMILES string of the molecule is CCCCCCCCCCSC(C)C(C)C(N)=O. The van der Waals surface area contributed by atoms with Gasteiger partial charge < -0.3 is 5.73 Å². The van der Waals surface area contributed by atoms with E-state index in [9.17, 15) is 4.79 Å². The maximum Gasteiger partial charge on any atom is 0.221 e. The molecule has 2 N–H and O–H groups in total. The van der Waals surface area contributed by atoms with Crippen LogP contribution in [0.4, 0.5) is 0 Å². The summed E-state index contributed by atoms with van der Waals surface area (Å²) in [5.41, 5.74) is 5.29. The molecule has 0 saturated carbocycles. The van der Waals surface area contributed by atoms with Crippen LogP contribution in [-0.4, -0.2) is 16.9 Å². The molecular formula is C15H31NOS. The van der Waals surface area contributed by atoms with E-state index in [1.807, 2.05) is 18.7 Å². The second kappa shape index (κ2) is 11.9. The van der Waals surface area contributed by atoms with Crippen LogP contribution in [0, 0.1) is 5.92 Å². The Morgan fingerprint density at radius 3 is 2.00 bits per heavy atom. The molecule has 0 aromatic carbocycles. The average molecular weight is 273 g/mol. The molecule has 0 aliphatic rings. The maximum atomic E-state index is 11.0. The lowest BCUT2D eigenvalue weighted by molar-refractivity contribution is -0.121. The number of nitrogens with two attached hydrogens (primary N) is 1. The fraction of sp³-hybridized carbons (Fsp3) is 0.933. The molecule has 2 nitrogen and oxygen atoms in total. The zero-order valence-corrected chi connectivity index (χ0v) is 13.2. The van der Waals surface area contributed by atoms with E-state index >= 15 is 0 Å². The topological polar surface area (TPSA) is 43.1 Å². The Kier molecular flexibility index (Phi) is 11.8. The number of carbonyl (C=O) groups excluding carboxylic acids is 1. The van der Waals surface area contributed by atoms with Gasteiger partial charge in [0.05, 0.1) is 0 Å². The number of hydrogen-bond donors (Lipinski definition) is 1. The Hall–Kier alpha value is -0.180. The van der Waals surface area contributed by atoms with Crippen molar-refractivity contribution < 1.29 is 4.79 Å². The fourth-order valence-electron chi connectivity index (χ4n) is 1.88. The smallest absolute Gasteiger partial charge is 0.221 e. The molecule has 0 rings (SSSR count). The van der Waals surface area contributed by atoms with Gasteiger partial charge in [0.15, 0.2) is 0 Å². The van der Waals surface area contributed by atoms with Gasteiger partial charge in [-0.3, -0.25) is 4.79 Å². The van der Waals surface area contributed by atoms with Crippen molar-refractivity contribution in [1.29, 1.82) is 0 Å². The minimum atomic E-state index is -0.175. The average Bonchev–Trinajstić information content (AvgIpc) is 2.35. The van der Waals surface area contributed by atoms with Gasteiger partial charge in [-0.25, -0.2) is 0 Å². The van der Waals surface area contributed by atoms with Crippen molar-refractivity contribution in [3.63, 3.8) is 0 Å². The summed E-state index contributed by atoms with van der Waals surface area (Å²) < 4.78 is 0. The van der Waals surface area contributed by atoms with E-state index in [0.29, 0.717) is 5.25 Å². The van der Waals surface area contributed by atoms with E-state index in [2.05, 4.69) is 13.8 Å². The monoisotopic (exact) mass is 273 g/mol. The lowest BCUT2D eigenvalue weighted by Gasteiger charge is -2.15. The molecule has 0 radical (unpaired) electrons. The molecule has 3 heteroatoms. The minimum absolute atomic E-state index is 0.0101. The van der Waals surface area contributed by atoms with Crippen molar-refractivity contribution in [1.82, 2.24) is 0 Å². The van der Waals surface area contributed by atoms with Gasteiger partial charge in [-0.05, 0) is 12.2 Å². The molecule has 2 atom stereocenters. The molecule has 0 saturated heterocycles. The van der Waals surface area contributed by atoms with Crippen LogP contribution in [-0.2, 0) is 4.79 Å². The van der Waals surface area contributed by atoms with E-state index in [-0.39, 0.29) is 11.8 Å². The molecule has 2 unspecified atom stereocenters. The van der Waals surface area contributed by atoms with E-state index in [4.69, 9.17) is 5.73 Å². The molecule has 0 fully saturated rings. The van der Waals surface area contributed by atoms with Crippen LogP contribution in [0.1, 0.15) is 72.1 Å². The predicted molar refractivity (Wildman–Crippen MR) is 82.9 cm³/mol. The Morgan fingerprint density at radius 2 is 1.50 bits per heavy atom. The fourth-order valence-corrected chi connectivity index (χ4v) is 3.05. The second-order valence-corrected chi connectivity index (χ2v) is 6.73. The quantitative estimate of drug-likeness (QED) is 0.537.